The van der Waals surface area contributed by atoms with E-state index in [0.717, 1.165) is 18.1 Å². The van der Waals surface area contributed by atoms with Crippen molar-refractivity contribution >= 4 is 23.6 Å². The normalized spacial score (nSPS) is 21.6. The Morgan fingerprint density at radius 2 is 2.18 bits per heavy atom. The molecular weight excluding hydrogens is 236 g/mol. The molecule has 1 N–H and O–H groups in total. The molecule has 0 spiro atoms. The van der Waals surface area contributed by atoms with Crippen LogP contribution in [0.1, 0.15) is 27.2 Å². The Kier molecular flexibility index (Phi) is 5.82. The highest BCUT2D eigenvalue weighted by Gasteiger charge is 2.31. The van der Waals surface area contributed by atoms with E-state index in [0.29, 0.717) is 13.0 Å². The third-order valence-corrected chi connectivity index (χ3v) is 3.76. The molecule has 1 unspecified atom stereocenters. The van der Waals surface area contributed by atoms with E-state index in [9.17, 15) is 9.59 Å². The van der Waals surface area contributed by atoms with Crippen molar-refractivity contribution in [2.24, 2.45) is 5.92 Å². The van der Waals surface area contributed by atoms with Gasteiger partial charge in [-0.1, -0.05) is 20.8 Å². The van der Waals surface area contributed by atoms with E-state index in [-0.39, 0.29) is 23.8 Å². The molecule has 1 fully saturated rings. The predicted octanol–water partition coefficient (Wildman–Crippen LogP) is 1.11. The zero-order valence-corrected chi connectivity index (χ0v) is 11.7. The smallest absolute Gasteiger partial charge is 0.245 e. The van der Waals surface area contributed by atoms with Crippen LogP contribution in [-0.2, 0) is 9.59 Å². The van der Waals surface area contributed by atoms with Crippen LogP contribution in [0.15, 0.2) is 0 Å². The van der Waals surface area contributed by atoms with Gasteiger partial charge in [0.1, 0.15) is 6.04 Å². The average Bonchev–Trinajstić information content (AvgIpc) is 2.41. The molecule has 5 heteroatoms. The van der Waals surface area contributed by atoms with Crippen LogP contribution in [0, 0.1) is 5.92 Å². The van der Waals surface area contributed by atoms with E-state index < -0.39 is 0 Å². The lowest BCUT2D eigenvalue weighted by atomic mass is 10.0. The van der Waals surface area contributed by atoms with Crippen molar-refractivity contribution < 1.29 is 9.59 Å². The van der Waals surface area contributed by atoms with Crippen LogP contribution < -0.4 is 5.32 Å². The van der Waals surface area contributed by atoms with Crippen molar-refractivity contribution in [3.05, 3.63) is 0 Å². The van der Waals surface area contributed by atoms with Gasteiger partial charge in [0.05, 0.1) is 0 Å². The molecule has 98 valence electrons. The molecule has 0 bridgehead atoms. The third kappa shape index (κ3) is 4.22. The summed E-state index contributed by atoms with van der Waals surface area (Å²) in [7, 11) is 0. The second-order valence-corrected chi connectivity index (χ2v) is 5.96. The second kappa shape index (κ2) is 6.89. The largest absolute Gasteiger partial charge is 0.344 e. The monoisotopic (exact) mass is 258 g/mol. The van der Waals surface area contributed by atoms with Crippen molar-refractivity contribution in [1.29, 1.82) is 0 Å². The highest BCUT2D eigenvalue weighted by Crippen LogP contribution is 2.12. The van der Waals surface area contributed by atoms with Gasteiger partial charge in [0, 0.05) is 25.3 Å². The van der Waals surface area contributed by atoms with Gasteiger partial charge >= 0.3 is 0 Å². The van der Waals surface area contributed by atoms with Crippen molar-refractivity contribution in [2.75, 3.05) is 24.6 Å². The van der Waals surface area contributed by atoms with Crippen LogP contribution >= 0.6 is 11.8 Å². The lowest BCUT2D eigenvalue weighted by Crippen LogP contribution is -2.48. The summed E-state index contributed by atoms with van der Waals surface area (Å²) in [6.45, 7) is 7.34. The molecule has 0 saturated carbocycles. The zero-order valence-electron chi connectivity index (χ0n) is 10.9. The number of nitrogens with zero attached hydrogens (tertiary/aromatic N) is 1. The van der Waals surface area contributed by atoms with Gasteiger partial charge in [-0.15, -0.1) is 0 Å². The summed E-state index contributed by atoms with van der Waals surface area (Å²) < 4.78 is 0. The van der Waals surface area contributed by atoms with Gasteiger partial charge in [0.2, 0.25) is 11.8 Å². The Morgan fingerprint density at radius 3 is 2.76 bits per heavy atom. The molecule has 0 aromatic carbocycles. The Hall–Kier alpha value is -0.710. The Labute approximate surface area is 108 Å². The fourth-order valence-electron chi connectivity index (χ4n) is 1.84. The number of carbonyl (C=O) groups is 2. The van der Waals surface area contributed by atoms with Crippen molar-refractivity contribution in [3.63, 3.8) is 0 Å². The standard InChI is InChI=1S/C12H22N2O2S/c1-4-17-8-7-14-6-5-10(15)13-11(9(2)3)12(14)16/h9,11H,4-8H2,1-3H3,(H,13,15). The zero-order chi connectivity index (χ0) is 12.8. The first kappa shape index (κ1) is 14.4. The molecule has 0 aliphatic carbocycles. The Bertz CT molecular complexity index is 282. The van der Waals surface area contributed by atoms with E-state index in [1.54, 1.807) is 0 Å². The van der Waals surface area contributed by atoms with Gasteiger partial charge in [-0.3, -0.25) is 9.59 Å². The van der Waals surface area contributed by atoms with Gasteiger partial charge in [0.25, 0.3) is 0 Å². The van der Waals surface area contributed by atoms with E-state index >= 15 is 0 Å². The summed E-state index contributed by atoms with van der Waals surface area (Å²) in [6, 6.07) is -0.350. The Morgan fingerprint density at radius 1 is 1.47 bits per heavy atom. The average molecular weight is 258 g/mol. The number of rotatable bonds is 5. The molecule has 0 aromatic heterocycles. The van der Waals surface area contributed by atoms with Gasteiger partial charge in [0.15, 0.2) is 0 Å². The van der Waals surface area contributed by atoms with E-state index in [4.69, 9.17) is 0 Å². The van der Waals surface area contributed by atoms with Gasteiger partial charge in [-0.2, -0.15) is 11.8 Å². The lowest BCUT2D eigenvalue weighted by Gasteiger charge is -2.25. The molecule has 1 rings (SSSR count). The number of hydrogen-bond acceptors (Lipinski definition) is 3. The second-order valence-electron chi connectivity index (χ2n) is 4.56. The number of nitrogens with one attached hydrogen (secondary N) is 1. The highest BCUT2D eigenvalue weighted by molar-refractivity contribution is 7.99. The van der Waals surface area contributed by atoms with Crippen molar-refractivity contribution in [2.45, 2.75) is 33.2 Å². The molecule has 2 amide bonds. The maximum Gasteiger partial charge on any atom is 0.245 e. The van der Waals surface area contributed by atoms with E-state index in [1.165, 1.54) is 0 Å². The molecule has 0 aromatic rings. The molecule has 0 radical (unpaired) electrons. The maximum absolute atomic E-state index is 12.2. The number of amides is 2. The summed E-state index contributed by atoms with van der Waals surface area (Å²) in [4.78, 5) is 25.6. The maximum atomic E-state index is 12.2. The summed E-state index contributed by atoms with van der Waals surface area (Å²) >= 11 is 1.82. The van der Waals surface area contributed by atoms with E-state index in [2.05, 4.69) is 12.2 Å². The van der Waals surface area contributed by atoms with Gasteiger partial charge in [-0.25, -0.2) is 0 Å². The first-order valence-electron chi connectivity index (χ1n) is 6.22. The first-order valence-corrected chi connectivity index (χ1v) is 7.37. The molecule has 1 atom stereocenters. The van der Waals surface area contributed by atoms with Crippen LogP contribution in [0.25, 0.3) is 0 Å². The quantitative estimate of drug-likeness (QED) is 0.752. The third-order valence-electron chi connectivity index (χ3n) is 2.88. The molecule has 1 heterocycles. The predicted molar refractivity (Wildman–Crippen MR) is 71.0 cm³/mol. The molecule has 1 aliphatic rings. The molecular formula is C12H22N2O2S. The van der Waals surface area contributed by atoms with Crippen molar-refractivity contribution in [3.8, 4) is 0 Å². The summed E-state index contributed by atoms with van der Waals surface area (Å²) in [5.74, 6) is 2.21. The lowest BCUT2D eigenvalue weighted by molar-refractivity contribution is -0.134. The SMILES string of the molecule is CCSCCN1CCC(=O)NC(C(C)C)C1=O. The van der Waals surface area contributed by atoms with Crippen LogP contribution in [0.5, 0.6) is 0 Å². The van der Waals surface area contributed by atoms with Crippen LogP contribution in [0.3, 0.4) is 0 Å². The number of hydrogen-bond donors (Lipinski definition) is 1. The topological polar surface area (TPSA) is 49.4 Å². The molecule has 17 heavy (non-hydrogen) atoms. The minimum Gasteiger partial charge on any atom is -0.344 e. The van der Waals surface area contributed by atoms with Crippen LogP contribution in [0.4, 0.5) is 0 Å². The van der Waals surface area contributed by atoms with Gasteiger partial charge < -0.3 is 10.2 Å². The van der Waals surface area contributed by atoms with Gasteiger partial charge in [-0.05, 0) is 11.7 Å². The highest BCUT2D eigenvalue weighted by atomic mass is 32.2. The number of thioether (sulfide) groups is 1. The summed E-state index contributed by atoms with van der Waals surface area (Å²) in [5, 5.41) is 2.81. The summed E-state index contributed by atoms with van der Waals surface area (Å²) in [6.07, 6.45) is 0.422. The Balaban J connectivity index is 2.63. The molecule has 1 saturated heterocycles. The fourth-order valence-corrected chi connectivity index (χ4v) is 2.48. The molecule has 4 nitrogen and oxygen atoms in total. The minimum absolute atomic E-state index is 0.0114. The van der Waals surface area contributed by atoms with E-state index in [1.807, 2.05) is 30.5 Å². The van der Waals surface area contributed by atoms with Crippen LogP contribution in [0.2, 0.25) is 0 Å². The minimum atomic E-state index is -0.350. The first-order chi connectivity index (χ1) is 8.06. The fraction of sp³-hybridized carbons (Fsp3) is 0.833. The number of carbonyl (C=O) groups excluding carboxylic acids is 2. The molecule has 1 aliphatic heterocycles. The van der Waals surface area contributed by atoms with Crippen molar-refractivity contribution in [1.82, 2.24) is 10.2 Å². The van der Waals surface area contributed by atoms with Crippen LogP contribution in [-0.4, -0.2) is 47.4 Å². The summed E-state index contributed by atoms with van der Waals surface area (Å²) in [5.41, 5.74) is 0.